The van der Waals surface area contributed by atoms with Gasteiger partial charge < -0.3 is 20.1 Å². The van der Waals surface area contributed by atoms with E-state index in [9.17, 15) is 5.11 Å². The lowest BCUT2D eigenvalue weighted by atomic mass is 10.1. The SMILES string of the molecule is COc1cc2c(N[C@@H](C)[C@H](O)N(C)C)nc(N3CCCC3)nc2cc1C#CCN1CCCC1. The predicted molar refractivity (Wildman–Crippen MR) is 133 cm³/mol. The van der Waals surface area contributed by atoms with Crippen molar-refractivity contribution in [3.8, 4) is 17.6 Å². The van der Waals surface area contributed by atoms with E-state index >= 15 is 0 Å². The Bertz CT molecular complexity index is 1020. The van der Waals surface area contributed by atoms with Crippen molar-refractivity contribution >= 4 is 22.7 Å². The van der Waals surface area contributed by atoms with Crippen molar-refractivity contribution < 1.29 is 9.84 Å². The first-order valence-electron chi connectivity index (χ1n) is 11.9. The van der Waals surface area contributed by atoms with Gasteiger partial charge in [0.25, 0.3) is 0 Å². The van der Waals surface area contributed by atoms with Crippen molar-refractivity contribution in [1.29, 1.82) is 0 Å². The molecule has 0 radical (unpaired) electrons. The van der Waals surface area contributed by atoms with Gasteiger partial charge in [-0.15, -0.1) is 0 Å². The molecule has 0 unspecified atom stereocenters. The first-order valence-corrected chi connectivity index (χ1v) is 11.9. The van der Waals surface area contributed by atoms with Crippen molar-refractivity contribution in [3.63, 3.8) is 0 Å². The molecule has 8 nitrogen and oxygen atoms in total. The van der Waals surface area contributed by atoms with Gasteiger partial charge in [-0.25, -0.2) is 4.98 Å². The van der Waals surface area contributed by atoms with Gasteiger partial charge in [-0.3, -0.25) is 9.80 Å². The van der Waals surface area contributed by atoms with Gasteiger partial charge in [0.1, 0.15) is 17.8 Å². The summed E-state index contributed by atoms with van der Waals surface area (Å²) in [5.74, 6) is 8.75. The van der Waals surface area contributed by atoms with E-state index < -0.39 is 6.23 Å². The largest absolute Gasteiger partial charge is 0.495 e. The average Bonchev–Trinajstić information content (AvgIpc) is 3.52. The maximum Gasteiger partial charge on any atom is 0.227 e. The molecule has 0 bridgehead atoms. The third-order valence-corrected chi connectivity index (χ3v) is 6.46. The van der Waals surface area contributed by atoms with Gasteiger partial charge in [0.15, 0.2) is 0 Å². The monoisotopic (exact) mass is 452 g/mol. The summed E-state index contributed by atoms with van der Waals surface area (Å²) >= 11 is 0. The number of likely N-dealkylation sites (N-methyl/N-ethyl adjacent to an activating group) is 1. The topological polar surface area (TPSA) is 77.0 Å². The van der Waals surface area contributed by atoms with Crippen LogP contribution in [0.25, 0.3) is 10.9 Å². The van der Waals surface area contributed by atoms with Crippen LogP contribution < -0.4 is 15.0 Å². The van der Waals surface area contributed by atoms with Gasteiger partial charge in [-0.1, -0.05) is 11.8 Å². The number of nitrogens with one attached hydrogen (secondary N) is 1. The summed E-state index contributed by atoms with van der Waals surface area (Å²) in [7, 11) is 5.37. The molecule has 2 saturated heterocycles. The first-order chi connectivity index (χ1) is 16.0. The van der Waals surface area contributed by atoms with Crippen molar-refractivity contribution in [3.05, 3.63) is 17.7 Å². The van der Waals surface area contributed by atoms with E-state index in [1.807, 2.05) is 33.2 Å². The van der Waals surface area contributed by atoms with Crippen LogP contribution in [-0.4, -0.2) is 91.1 Å². The average molecular weight is 453 g/mol. The molecule has 2 fully saturated rings. The molecule has 2 aliphatic heterocycles. The molecule has 0 aliphatic carbocycles. The lowest BCUT2D eigenvalue weighted by molar-refractivity contribution is 0.0286. The Morgan fingerprint density at radius 2 is 1.82 bits per heavy atom. The van der Waals surface area contributed by atoms with Crippen molar-refractivity contribution in [2.75, 3.05) is 64.1 Å². The Hall–Kier alpha value is -2.60. The second kappa shape index (κ2) is 10.6. The van der Waals surface area contributed by atoms with Crippen LogP contribution in [0, 0.1) is 11.8 Å². The fourth-order valence-corrected chi connectivity index (χ4v) is 4.50. The van der Waals surface area contributed by atoms with Crippen LogP contribution in [0.5, 0.6) is 5.75 Å². The van der Waals surface area contributed by atoms with Crippen LogP contribution in [0.3, 0.4) is 0 Å². The van der Waals surface area contributed by atoms with Crippen LogP contribution in [0.4, 0.5) is 11.8 Å². The molecular formula is C25H36N6O2. The maximum atomic E-state index is 10.5. The number of benzene rings is 1. The number of nitrogens with zero attached hydrogens (tertiary/aromatic N) is 5. The standard InChI is InChI=1S/C25H36N6O2/c1-18(24(32)29(2)3)26-23-20-17-22(33-4)19(10-9-13-30-11-5-6-12-30)16-21(20)27-25(28-23)31-14-7-8-15-31/h16-18,24,32H,5-8,11-15H2,1-4H3,(H,26,27,28)/t18-,24-/m0/s1. The third kappa shape index (κ3) is 5.49. The smallest absolute Gasteiger partial charge is 0.227 e. The molecule has 2 aromatic rings. The number of anilines is 2. The minimum atomic E-state index is -0.650. The second-order valence-electron chi connectivity index (χ2n) is 9.23. The van der Waals surface area contributed by atoms with Crippen LogP contribution in [0.1, 0.15) is 38.2 Å². The number of ether oxygens (including phenoxy) is 1. The molecule has 0 saturated carbocycles. The van der Waals surface area contributed by atoms with Gasteiger partial charge in [-0.2, -0.15) is 4.98 Å². The summed E-state index contributed by atoms with van der Waals surface area (Å²) < 4.78 is 5.68. The highest BCUT2D eigenvalue weighted by Crippen LogP contribution is 2.31. The molecule has 2 N–H and O–H groups in total. The Labute approximate surface area is 196 Å². The van der Waals surface area contributed by atoms with E-state index in [0.717, 1.165) is 68.0 Å². The minimum Gasteiger partial charge on any atom is -0.495 e. The zero-order chi connectivity index (χ0) is 23.4. The normalized spacial score (nSPS) is 18.4. The van der Waals surface area contributed by atoms with E-state index in [-0.39, 0.29) is 6.04 Å². The van der Waals surface area contributed by atoms with E-state index in [2.05, 4.69) is 27.0 Å². The molecule has 0 amide bonds. The number of aliphatic hydroxyl groups excluding tert-OH is 1. The Morgan fingerprint density at radius 3 is 2.48 bits per heavy atom. The summed E-state index contributed by atoms with van der Waals surface area (Å²) in [6.45, 7) is 6.89. The van der Waals surface area contributed by atoms with Gasteiger partial charge >= 0.3 is 0 Å². The lowest BCUT2D eigenvalue weighted by Gasteiger charge is -2.27. The molecule has 1 aromatic carbocycles. The summed E-state index contributed by atoms with van der Waals surface area (Å²) in [6.07, 6.45) is 4.16. The molecule has 8 heteroatoms. The number of rotatable bonds is 7. The van der Waals surface area contributed by atoms with Crippen LogP contribution >= 0.6 is 0 Å². The Balaban J connectivity index is 1.72. The first kappa shape index (κ1) is 23.6. The number of methoxy groups -OCH3 is 1. The highest BCUT2D eigenvalue weighted by molar-refractivity contribution is 5.93. The highest BCUT2D eigenvalue weighted by atomic mass is 16.5. The Kier molecular flexibility index (Phi) is 7.53. The molecule has 33 heavy (non-hydrogen) atoms. The predicted octanol–water partition coefficient (Wildman–Crippen LogP) is 2.37. The van der Waals surface area contributed by atoms with Crippen LogP contribution in [0.2, 0.25) is 0 Å². The number of fused-ring (bicyclic) bond motifs is 1. The summed E-state index contributed by atoms with van der Waals surface area (Å²) in [5, 5.41) is 14.8. The van der Waals surface area contributed by atoms with Gasteiger partial charge in [0, 0.05) is 18.5 Å². The number of aromatic nitrogens is 2. The Morgan fingerprint density at radius 1 is 1.12 bits per heavy atom. The molecule has 2 aliphatic rings. The zero-order valence-electron chi connectivity index (χ0n) is 20.3. The van der Waals surface area contributed by atoms with Crippen molar-refractivity contribution in [1.82, 2.24) is 19.8 Å². The quantitative estimate of drug-likeness (QED) is 0.490. The lowest BCUT2D eigenvalue weighted by Crippen LogP contribution is -2.41. The fourth-order valence-electron chi connectivity index (χ4n) is 4.50. The van der Waals surface area contributed by atoms with Crippen molar-refractivity contribution in [2.24, 2.45) is 0 Å². The van der Waals surface area contributed by atoms with Gasteiger partial charge in [-0.05, 0) is 71.9 Å². The minimum absolute atomic E-state index is 0.226. The van der Waals surface area contributed by atoms with E-state index in [1.54, 1.807) is 12.0 Å². The van der Waals surface area contributed by atoms with E-state index in [1.165, 1.54) is 12.8 Å². The van der Waals surface area contributed by atoms with Gasteiger partial charge in [0.2, 0.25) is 5.95 Å². The molecule has 4 rings (SSSR count). The molecule has 0 spiro atoms. The molecule has 2 atom stereocenters. The molecule has 3 heterocycles. The molecule has 1 aromatic heterocycles. The number of hydrogen-bond donors (Lipinski definition) is 2. The number of likely N-dealkylation sites (tertiary alicyclic amines) is 1. The van der Waals surface area contributed by atoms with E-state index in [4.69, 9.17) is 14.7 Å². The van der Waals surface area contributed by atoms with Gasteiger partial charge in [0.05, 0.1) is 30.8 Å². The maximum absolute atomic E-state index is 10.5. The molecular weight excluding hydrogens is 416 g/mol. The highest BCUT2D eigenvalue weighted by Gasteiger charge is 2.22. The van der Waals surface area contributed by atoms with E-state index in [0.29, 0.717) is 11.6 Å². The summed E-state index contributed by atoms with van der Waals surface area (Å²) in [4.78, 5) is 16.1. The summed E-state index contributed by atoms with van der Waals surface area (Å²) in [6, 6.07) is 3.74. The fraction of sp³-hybridized carbons (Fsp3) is 0.600. The number of aliphatic hydroxyl groups is 1. The van der Waals surface area contributed by atoms with Crippen LogP contribution in [0.15, 0.2) is 12.1 Å². The number of hydrogen-bond acceptors (Lipinski definition) is 8. The van der Waals surface area contributed by atoms with Crippen LogP contribution in [-0.2, 0) is 0 Å². The summed E-state index contributed by atoms with van der Waals surface area (Å²) in [5.41, 5.74) is 1.66. The third-order valence-electron chi connectivity index (χ3n) is 6.46. The zero-order valence-corrected chi connectivity index (χ0v) is 20.3. The second-order valence-corrected chi connectivity index (χ2v) is 9.23. The van der Waals surface area contributed by atoms with Crippen molar-refractivity contribution in [2.45, 2.75) is 44.9 Å². The molecule has 178 valence electrons.